The van der Waals surface area contributed by atoms with Crippen LogP contribution < -0.4 is 0 Å². The predicted molar refractivity (Wildman–Crippen MR) is 93.7 cm³/mol. The number of amides is 1. The molecule has 1 atom stereocenters. The lowest BCUT2D eigenvalue weighted by Crippen LogP contribution is -2.43. The van der Waals surface area contributed by atoms with Gasteiger partial charge in [0, 0.05) is 17.8 Å². The van der Waals surface area contributed by atoms with Crippen LogP contribution in [0.4, 0.5) is 0 Å². The number of ketones is 1. The van der Waals surface area contributed by atoms with Crippen LogP contribution in [0.25, 0.3) is 0 Å². The van der Waals surface area contributed by atoms with Gasteiger partial charge in [0.05, 0.1) is 0 Å². The average molecular weight is 342 g/mol. The summed E-state index contributed by atoms with van der Waals surface area (Å²) < 4.78 is 0. The van der Waals surface area contributed by atoms with E-state index in [-0.39, 0.29) is 18.0 Å². The zero-order valence-corrected chi connectivity index (χ0v) is 14.8. The van der Waals surface area contributed by atoms with Crippen LogP contribution in [0.15, 0.2) is 30.3 Å². The molecule has 6 heteroatoms. The maximum absolute atomic E-state index is 13.0. The van der Waals surface area contributed by atoms with E-state index in [0.717, 1.165) is 5.56 Å². The Morgan fingerprint density at radius 3 is 2.24 bits per heavy atom. The Morgan fingerprint density at radius 2 is 1.76 bits per heavy atom. The molecule has 1 amide bonds. The van der Waals surface area contributed by atoms with E-state index in [9.17, 15) is 19.5 Å². The van der Waals surface area contributed by atoms with E-state index >= 15 is 0 Å². The molecule has 0 aliphatic rings. The van der Waals surface area contributed by atoms with Gasteiger partial charge in [-0.05, 0) is 38.8 Å². The number of aromatic amines is 1. The minimum absolute atomic E-state index is 0.133. The van der Waals surface area contributed by atoms with E-state index in [1.54, 1.807) is 13.8 Å². The Bertz CT molecular complexity index is 808. The number of rotatable bonds is 6. The Labute approximate surface area is 146 Å². The highest BCUT2D eigenvalue weighted by atomic mass is 16.4. The predicted octanol–water partition coefficient (Wildman–Crippen LogP) is 2.95. The molecule has 2 aromatic rings. The third-order valence-electron chi connectivity index (χ3n) is 4.28. The van der Waals surface area contributed by atoms with Crippen LogP contribution in [-0.2, 0) is 11.3 Å². The summed E-state index contributed by atoms with van der Waals surface area (Å²) in [4.78, 5) is 40.5. The number of carbonyl (C=O) groups is 3. The van der Waals surface area contributed by atoms with Gasteiger partial charge in [0.25, 0.3) is 5.91 Å². The number of benzene rings is 1. The lowest BCUT2D eigenvalue weighted by Gasteiger charge is -2.26. The van der Waals surface area contributed by atoms with Gasteiger partial charge in [0.15, 0.2) is 5.78 Å². The zero-order chi connectivity index (χ0) is 18.7. The summed E-state index contributed by atoms with van der Waals surface area (Å²) >= 11 is 0. The highest BCUT2D eigenvalue weighted by Gasteiger charge is 2.30. The SMILES string of the molecule is CC(=O)c1c(C)[nH]c(C(=O)N(Cc2ccccc2)C(C)C(=O)O)c1C. The van der Waals surface area contributed by atoms with Gasteiger partial charge in [0.1, 0.15) is 11.7 Å². The number of nitrogens with zero attached hydrogens (tertiary/aromatic N) is 1. The minimum Gasteiger partial charge on any atom is -0.480 e. The van der Waals surface area contributed by atoms with Crippen molar-refractivity contribution >= 4 is 17.7 Å². The first-order chi connectivity index (χ1) is 11.7. The Kier molecular flexibility index (Phi) is 5.41. The molecule has 0 aliphatic heterocycles. The van der Waals surface area contributed by atoms with Crippen molar-refractivity contribution < 1.29 is 19.5 Å². The van der Waals surface area contributed by atoms with Gasteiger partial charge < -0.3 is 15.0 Å². The number of carboxylic acids is 1. The third kappa shape index (κ3) is 3.79. The van der Waals surface area contributed by atoms with Crippen LogP contribution >= 0.6 is 0 Å². The minimum atomic E-state index is -1.09. The number of Topliss-reactive ketones (excluding diaryl/α,β-unsaturated/α-hetero) is 1. The van der Waals surface area contributed by atoms with Gasteiger partial charge in [-0.3, -0.25) is 9.59 Å². The molecular formula is C19H22N2O4. The molecule has 1 unspecified atom stereocenters. The number of nitrogens with one attached hydrogen (secondary N) is 1. The first-order valence-electron chi connectivity index (χ1n) is 8.01. The molecule has 0 aliphatic carbocycles. The fourth-order valence-electron chi connectivity index (χ4n) is 2.93. The highest BCUT2D eigenvalue weighted by Crippen LogP contribution is 2.22. The first-order valence-corrected chi connectivity index (χ1v) is 8.01. The van der Waals surface area contributed by atoms with Gasteiger partial charge in [-0.1, -0.05) is 30.3 Å². The fourth-order valence-corrected chi connectivity index (χ4v) is 2.93. The number of aliphatic carboxylic acids is 1. The summed E-state index contributed by atoms with van der Waals surface area (Å²) in [6.07, 6.45) is 0. The lowest BCUT2D eigenvalue weighted by atomic mass is 10.1. The molecular weight excluding hydrogens is 320 g/mol. The average Bonchev–Trinajstić information content (AvgIpc) is 2.86. The standard InChI is InChI=1S/C19H22N2O4/c1-11-16(14(4)22)12(2)20-17(11)18(23)21(13(3)19(24)25)10-15-8-6-5-7-9-15/h5-9,13,20H,10H2,1-4H3,(H,24,25). The Balaban J connectivity index is 2.44. The van der Waals surface area contributed by atoms with Gasteiger partial charge in [0.2, 0.25) is 0 Å². The van der Waals surface area contributed by atoms with Crippen molar-refractivity contribution in [3.05, 3.63) is 58.4 Å². The number of aryl methyl sites for hydroxylation is 1. The zero-order valence-electron chi connectivity index (χ0n) is 14.8. The monoisotopic (exact) mass is 342 g/mol. The molecule has 132 valence electrons. The van der Waals surface area contributed by atoms with Crippen molar-refractivity contribution in [2.24, 2.45) is 0 Å². The molecule has 2 N–H and O–H groups in total. The third-order valence-corrected chi connectivity index (χ3v) is 4.28. The molecule has 1 heterocycles. The van der Waals surface area contributed by atoms with Crippen molar-refractivity contribution in [1.29, 1.82) is 0 Å². The quantitative estimate of drug-likeness (QED) is 0.790. The maximum Gasteiger partial charge on any atom is 0.326 e. The van der Waals surface area contributed by atoms with E-state index < -0.39 is 17.9 Å². The van der Waals surface area contributed by atoms with Crippen LogP contribution in [0.3, 0.4) is 0 Å². The molecule has 0 saturated carbocycles. The molecule has 0 bridgehead atoms. The van der Waals surface area contributed by atoms with Gasteiger partial charge in [-0.2, -0.15) is 0 Å². The Morgan fingerprint density at radius 1 is 1.16 bits per heavy atom. The number of carboxylic acid groups (broad SMARTS) is 1. The summed E-state index contributed by atoms with van der Waals surface area (Å²) in [6, 6.07) is 8.19. The van der Waals surface area contributed by atoms with Crippen LogP contribution in [0, 0.1) is 13.8 Å². The maximum atomic E-state index is 13.0. The van der Waals surface area contributed by atoms with Crippen LogP contribution in [0.5, 0.6) is 0 Å². The van der Waals surface area contributed by atoms with Crippen LogP contribution in [0.2, 0.25) is 0 Å². The molecule has 1 aromatic heterocycles. The summed E-state index contributed by atoms with van der Waals surface area (Å²) in [7, 11) is 0. The second kappa shape index (κ2) is 7.34. The van der Waals surface area contributed by atoms with Crippen molar-refractivity contribution in [2.75, 3.05) is 0 Å². The van der Waals surface area contributed by atoms with E-state index in [1.165, 1.54) is 18.7 Å². The molecule has 2 rings (SSSR count). The lowest BCUT2D eigenvalue weighted by molar-refractivity contribution is -0.141. The number of H-pyrrole nitrogens is 1. The molecule has 0 fully saturated rings. The summed E-state index contributed by atoms with van der Waals surface area (Å²) in [5.41, 5.74) is 2.72. The highest BCUT2D eigenvalue weighted by molar-refractivity contribution is 6.03. The molecule has 0 radical (unpaired) electrons. The van der Waals surface area contributed by atoms with Gasteiger partial charge in [-0.25, -0.2) is 4.79 Å². The second-order valence-electron chi connectivity index (χ2n) is 6.11. The Hall–Kier alpha value is -2.89. The number of aromatic nitrogens is 1. The largest absolute Gasteiger partial charge is 0.480 e. The van der Waals surface area contributed by atoms with Gasteiger partial charge >= 0.3 is 5.97 Å². The topological polar surface area (TPSA) is 90.5 Å². The van der Waals surface area contributed by atoms with E-state index in [4.69, 9.17) is 0 Å². The number of hydrogen-bond donors (Lipinski definition) is 2. The van der Waals surface area contributed by atoms with Crippen molar-refractivity contribution in [3.8, 4) is 0 Å². The fraction of sp³-hybridized carbons (Fsp3) is 0.316. The summed E-state index contributed by atoms with van der Waals surface area (Å²) in [5, 5.41) is 9.39. The second-order valence-corrected chi connectivity index (χ2v) is 6.11. The van der Waals surface area contributed by atoms with Crippen molar-refractivity contribution in [1.82, 2.24) is 9.88 Å². The van der Waals surface area contributed by atoms with Crippen LogP contribution in [0.1, 0.15) is 51.5 Å². The molecule has 25 heavy (non-hydrogen) atoms. The van der Waals surface area contributed by atoms with Crippen molar-refractivity contribution in [2.45, 2.75) is 40.3 Å². The molecule has 0 saturated heterocycles. The smallest absolute Gasteiger partial charge is 0.326 e. The summed E-state index contributed by atoms with van der Waals surface area (Å²) in [6.45, 7) is 6.50. The van der Waals surface area contributed by atoms with E-state index in [2.05, 4.69) is 4.98 Å². The first kappa shape index (κ1) is 18.4. The normalized spacial score (nSPS) is 11.8. The van der Waals surface area contributed by atoms with E-state index in [0.29, 0.717) is 16.8 Å². The molecule has 1 aromatic carbocycles. The van der Waals surface area contributed by atoms with Gasteiger partial charge in [-0.15, -0.1) is 0 Å². The van der Waals surface area contributed by atoms with Crippen molar-refractivity contribution in [3.63, 3.8) is 0 Å². The molecule has 0 spiro atoms. The van der Waals surface area contributed by atoms with Crippen LogP contribution in [-0.4, -0.2) is 38.7 Å². The molecule has 6 nitrogen and oxygen atoms in total. The van der Waals surface area contributed by atoms with E-state index in [1.807, 2.05) is 30.3 Å². The number of carbonyl (C=O) groups excluding carboxylic acids is 2. The summed E-state index contributed by atoms with van der Waals surface area (Å²) in [5.74, 6) is -1.66. The number of hydrogen-bond acceptors (Lipinski definition) is 3.